The van der Waals surface area contributed by atoms with Crippen molar-refractivity contribution in [1.29, 1.82) is 0 Å². The highest BCUT2D eigenvalue weighted by atomic mass is 16.5. The number of hydrogen-bond donors (Lipinski definition) is 3. The second kappa shape index (κ2) is 3.97. The monoisotopic (exact) mass is 256 g/mol. The fraction of sp³-hybridized carbons (Fsp3) is 0.600. The fourth-order valence-corrected chi connectivity index (χ4v) is 2.59. The summed E-state index contributed by atoms with van der Waals surface area (Å²) in [7, 11) is 1.15. The minimum Gasteiger partial charge on any atom is -0.481 e. The highest BCUT2D eigenvalue weighted by molar-refractivity contribution is 6.08. The van der Waals surface area contributed by atoms with Crippen molar-refractivity contribution in [3.05, 3.63) is 0 Å². The molecular formula is C10H12N2O6. The molecule has 98 valence electrons. The van der Waals surface area contributed by atoms with Gasteiger partial charge in [0.1, 0.15) is 5.54 Å². The van der Waals surface area contributed by atoms with Gasteiger partial charge in [-0.15, -0.1) is 0 Å². The van der Waals surface area contributed by atoms with Gasteiger partial charge in [-0.25, -0.2) is 4.79 Å². The Balaban J connectivity index is 2.29. The quantitative estimate of drug-likeness (QED) is 0.423. The molecule has 0 bridgehead atoms. The Kier molecular flexibility index (Phi) is 2.72. The van der Waals surface area contributed by atoms with Crippen LogP contribution in [0.2, 0.25) is 0 Å². The number of rotatable bonds is 2. The van der Waals surface area contributed by atoms with Crippen molar-refractivity contribution >= 4 is 23.9 Å². The molecule has 1 unspecified atom stereocenters. The van der Waals surface area contributed by atoms with Crippen LogP contribution in [-0.4, -0.2) is 41.6 Å². The number of carboxylic acids is 1. The molecule has 0 aromatic rings. The normalized spacial score (nSPS) is 34.3. The summed E-state index contributed by atoms with van der Waals surface area (Å²) in [5.41, 5.74) is -1.31. The van der Waals surface area contributed by atoms with Crippen molar-refractivity contribution in [3.8, 4) is 0 Å². The van der Waals surface area contributed by atoms with Crippen LogP contribution in [-0.2, 0) is 19.1 Å². The Bertz CT molecular complexity index is 448. The summed E-state index contributed by atoms with van der Waals surface area (Å²) in [5, 5.41) is 13.5. The van der Waals surface area contributed by atoms with E-state index in [0.29, 0.717) is 0 Å². The molecule has 0 aromatic heterocycles. The first kappa shape index (κ1) is 12.3. The van der Waals surface area contributed by atoms with E-state index in [1.54, 1.807) is 0 Å². The number of carboxylic acid groups (broad SMARTS) is 1. The molecule has 2 fully saturated rings. The van der Waals surface area contributed by atoms with E-state index < -0.39 is 41.3 Å². The van der Waals surface area contributed by atoms with Crippen LogP contribution in [0.25, 0.3) is 0 Å². The molecule has 8 heteroatoms. The topological polar surface area (TPSA) is 122 Å². The lowest BCUT2D eigenvalue weighted by Crippen LogP contribution is -2.45. The molecule has 1 saturated carbocycles. The average Bonchev–Trinajstić information content (AvgIpc) is 2.80. The minimum atomic E-state index is -1.31. The van der Waals surface area contributed by atoms with Crippen LogP contribution in [0, 0.1) is 11.8 Å². The number of urea groups is 1. The fourth-order valence-electron chi connectivity index (χ4n) is 2.59. The largest absolute Gasteiger partial charge is 0.481 e. The smallest absolute Gasteiger partial charge is 0.322 e. The molecule has 1 heterocycles. The first-order valence-corrected chi connectivity index (χ1v) is 5.34. The van der Waals surface area contributed by atoms with Gasteiger partial charge in [-0.1, -0.05) is 0 Å². The maximum atomic E-state index is 11.7. The van der Waals surface area contributed by atoms with Gasteiger partial charge in [-0.05, 0) is 12.8 Å². The zero-order valence-electron chi connectivity index (χ0n) is 9.56. The van der Waals surface area contributed by atoms with E-state index in [1.165, 1.54) is 0 Å². The van der Waals surface area contributed by atoms with Crippen molar-refractivity contribution in [1.82, 2.24) is 10.6 Å². The SMILES string of the molecule is COC(=O)[C@@H]1CC2(C[C@H]1C(=O)O)NC(=O)NC2=O. The predicted octanol–water partition coefficient (Wildman–Crippen LogP) is -1.15. The van der Waals surface area contributed by atoms with Crippen LogP contribution in [0.15, 0.2) is 0 Å². The standard InChI is InChI=1S/C10H12N2O6/c1-18-7(15)5-3-10(2-4(5)6(13)14)8(16)11-9(17)12-10/h4-5H,2-3H2,1H3,(H,13,14)(H2,11,12,16,17)/t4-,5-,10?/m1/s1. The van der Waals surface area contributed by atoms with E-state index in [9.17, 15) is 19.2 Å². The van der Waals surface area contributed by atoms with Crippen LogP contribution in [0.5, 0.6) is 0 Å². The number of esters is 1. The van der Waals surface area contributed by atoms with Gasteiger partial charge in [0.15, 0.2) is 0 Å². The second-order valence-corrected chi connectivity index (χ2v) is 4.47. The lowest BCUT2D eigenvalue weighted by molar-refractivity contribution is -0.154. The summed E-state index contributed by atoms with van der Waals surface area (Å²) >= 11 is 0. The van der Waals surface area contributed by atoms with Gasteiger partial charge < -0.3 is 15.2 Å². The van der Waals surface area contributed by atoms with Crippen LogP contribution >= 0.6 is 0 Å². The van der Waals surface area contributed by atoms with Gasteiger partial charge in [-0.3, -0.25) is 19.7 Å². The molecule has 0 aromatic carbocycles. The van der Waals surface area contributed by atoms with Gasteiger partial charge in [0.05, 0.1) is 18.9 Å². The number of imide groups is 1. The van der Waals surface area contributed by atoms with Crippen LogP contribution in [0.1, 0.15) is 12.8 Å². The summed E-state index contributed by atoms with van der Waals surface area (Å²) < 4.78 is 4.53. The third-order valence-corrected chi connectivity index (χ3v) is 3.46. The van der Waals surface area contributed by atoms with Crippen LogP contribution < -0.4 is 10.6 Å². The summed E-state index contributed by atoms with van der Waals surface area (Å²) in [6, 6.07) is -0.672. The minimum absolute atomic E-state index is 0.0613. The number of amides is 3. The van der Waals surface area contributed by atoms with Crippen molar-refractivity contribution in [2.75, 3.05) is 7.11 Å². The Morgan fingerprint density at radius 3 is 2.39 bits per heavy atom. The zero-order valence-corrected chi connectivity index (χ0v) is 9.56. The highest BCUT2D eigenvalue weighted by Gasteiger charge is 2.58. The number of nitrogens with one attached hydrogen (secondary N) is 2. The second-order valence-electron chi connectivity index (χ2n) is 4.47. The molecule has 18 heavy (non-hydrogen) atoms. The third kappa shape index (κ3) is 1.69. The van der Waals surface area contributed by atoms with Gasteiger partial charge in [0.25, 0.3) is 5.91 Å². The molecule has 2 aliphatic rings. The Labute approximate surface area is 102 Å². The van der Waals surface area contributed by atoms with Gasteiger partial charge in [-0.2, -0.15) is 0 Å². The summed E-state index contributed by atoms with van der Waals surface area (Å²) in [4.78, 5) is 45.5. The third-order valence-electron chi connectivity index (χ3n) is 3.46. The molecule has 1 aliphatic carbocycles. The molecular weight excluding hydrogens is 244 g/mol. The number of methoxy groups -OCH3 is 1. The maximum absolute atomic E-state index is 11.7. The van der Waals surface area contributed by atoms with E-state index in [1.807, 2.05) is 0 Å². The molecule has 0 radical (unpaired) electrons. The first-order valence-electron chi connectivity index (χ1n) is 5.34. The Hall–Kier alpha value is -2.12. The Morgan fingerprint density at radius 2 is 1.94 bits per heavy atom. The van der Waals surface area contributed by atoms with E-state index in [-0.39, 0.29) is 12.8 Å². The average molecular weight is 256 g/mol. The summed E-state index contributed by atoms with van der Waals surface area (Å²) in [5.74, 6) is -4.44. The van der Waals surface area contributed by atoms with Gasteiger partial charge >= 0.3 is 18.0 Å². The summed E-state index contributed by atoms with van der Waals surface area (Å²) in [6.45, 7) is 0. The number of hydrogen-bond acceptors (Lipinski definition) is 5. The molecule has 1 aliphatic heterocycles. The molecule has 3 N–H and O–H groups in total. The van der Waals surface area contributed by atoms with E-state index >= 15 is 0 Å². The molecule has 3 atom stereocenters. The van der Waals surface area contributed by atoms with Crippen molar-refractivity contribution in [2.45, 2.75) is 18.4 Å². The number of carbonyl (C=O) groups is 4. The number of carbonyl (C=O) groups excluding carboxylic acids is 3. The molecule has 1 saturated heterocycles. The lowest BCUT2D eigenvalue weighted by Gasteiger charge is -2.18. The van der Waals surface area contributed by atoms with E-state index in [4.69, 9.17) is 5.11 Å². The predicted molar refractivity (Wildman–Crippen MR) is 55.3 cm³/mol. The molecule has 2 rings (SSSR count). The zero-order chi connectivity index (χ0) is 13.5. The van der Waals surface area contributed by atoms with Crippen molar-refractivity contribution < 1.29 is 29.0 Å². The van der Waals surface area contributed by atoms with E-state index in [2.05, 4.69) is 15.4 Å². The molecule has 8 nitrogen and oxygen atoms in total. The highest BCUT2D eigenvalue weighted by Crippen LogP contribution is 2.41. The first-order chi connectivity index (χ1) is 8.39. The lowest BCUT2D eigenvalue weighted by atomic mass is 9.96. The van der Waals surface area contributed by atoms with Crippen molar-refractivity contribution in [2.24, 2.45) is 11.8 Å². The number of aliphatic carboxylic acids is 1. The van der Waals surface area contributed by atoms with Crippen LogP contribution in [0.3, 0.4) is 0 Å². The maximum Gasteiger partial charge on any atom is 0.322 e. The Morgan fingerprint density at radius 1 is 1.33 bits per heavy atom. The van der Waals surface area contributed by atoms with E-state index in [0.717, 1.165) is 7.11 Å². The van der Waals surface area contributed by atoms with Crippen LogP contribution in [0.4, 0.5) is 4.79 Å². The molecule has 3 amide bonds. The molecule has 1 spiro atoms. The number of ether oxygens (including phenoxy) is 1. The van der Waals surface area contributed by atoms with Crippen molar-refractivity contribution in [3.63, 3.8) is 0 Å². The van der Waals surface area contributed by atoms with Gasteiger partial charge in [0.2, 0.25) is 0 Å². The summed E-state index contributed by atoms with van der Waals surface area (Å²) in [6.07, 6.45) is -0.173. The van der Waals surface area contributed by atoms with Gasteiger partial charge in [0, 0.05) is 0 Å².